The number of aliphatic hydroxyl groups excluding tert-OH is 32. The lowest BCUT2D eigenvalue weighted by Gasteiger charge is -2.52. The minimum atomic E-state index is -2.81. The maximum Gasteiger partial charge on any atom is 0.217 e. The molecule has 0 aromatic rings. The predicted molar refractivity (Wildman–Crippen MR) is 452 cm³/mol. The molecule has 0 aromatic carbocycles. The van der Waals surface area contributed by atoms with Crippen molar-refractivity contribution in [3.05, 3.63) is 0 Å². The first-order chi connectivity index (χ1) is 69.5. The maximum absolute atomic E-state index is 13.5. The fourth-order valence-corrected chi connectivity index (χ4v) is 19.2. The molecule has 0 unspecified atom stereocenters. The molecule has 0 saturated carbocycles. The molecule has 12 aliphatic rings. The van der Waals surface area contributed by atoms with E-state index in [-0.39, 0.29) is 0 Å². The van der Waals surface area contributed by atoms with Crippen LogP contribution in [-0.4, -0.2) is 634 Å². The molecule has 850 valence electrons. The Kier molecular flexibility index (Phi) is 43.4. The number of nitrogens with one attached hydrogen (secondary N) is 5. The van der Waals surface area contributed by atoms with E-state index in [2.05, 4.69) is 26.6 Å². The minimum Gasteiger partial charge on any atom is -0.394 e. The van der Waals surface area contributed by atoms with Crippen LogP contribution in [0.25, 0.3) is 0 Å². The summed E-state index contributed by atoms with van der Waals surface area (Å²) >= 11 is 0. The highest BCUT2D eigenvalue weighted by molar-refractivity contribution is 5.75. The number of hydrogen-bond acceptors (Lipinski definition) is 60. The van der Waals surface area contributed by atoms with E-state index in [1.807, 2.05) is 0 Å². The van der Waals surface area contributed by atoms with Gasteiger partial charge in [0, 0.05) is 34.6 Å². The Morgan fingerprint density at radius 3 is 0.830 bits per heavy atom. The molecule has 0 aromatic heterocycles. The van der Waals surface area contributed by atoms with Crippen molar-refractivity contribution in [2.24, 2.45) is 0 Å². The second-order valence-electron chi connectivity index (χ2n) is 37.3. The molecule has 65 heteroatoms. The van der Waals surface area contributed by atoms with Gasteiger partial charge in [0.15, 0.2) is 75.5 Å². The zero-order valence-corrected chi connectivity index (χ0v) is 79.2. The largest absolute Gasteiger partial charge is 0.394 e. The van der Waals surface area contributed by atoms with Gasteiger partial charge in [-0.25, -0.2) is 0 Å². The third-order valence-corrected chi connectivity index (χ3v) is 27.0. The van der Waals surface area contributed by atoms with Gasteiger partial charge < -0.3 is 299 Å². The summed E-state index contributed by atoms with van der Waals surface area (Å²) in [6.45, 7) is -7.34. The van der Waals surface area contributed by atoms with Crippen molar-refractivity contribution in [3.63, 3.8) is 0 Å². The lowest BCUT2D eigenvalue weighted by Crippen LogP contribution is -2.72. The number of rotatable bonds is 38. The van der Waals surface area contributed by atoms with Gasteiger partial charge in [0.05, 0.1) is 78.8 Å². The first-order valence-electron chi connectivity index (χ1n) is 47.0. The summed E-state index contributed by atoms with van der Waals surface area (Å²) in [5.41, 5.74) is 0. The predicted octanol–water partition coefficient (Wildman–Crippen LogP) is -25.4. The van der Waals surface area contributed by atoms with Gasteiger partial charge in [-0.15, -0.1) is 0 Å². The summed E-state index contributed by atoms with van der Waals surface area (Å²) in [4.78, 5) is 66.1. The monoisotopic (exact) mass is 2150 g/mol. The number of aliphatic hydroxyl groups is 32. The summed E-state index contributed by atoms with van der Waals surface area (Å²) in [6.07, 6.45) is -120. The van der Waals surface area contributed by atoms with Crippen LogP contribution < -0.4 is 26.6 Å². The first-order valence-corrected chi connectivity index (χ1v) is 47.0. The summed E-state index contributed by atoms with van der Waals surface area (Å²) in [5, 5.41) is 374. The molecule has 147 heavy (non-hydrogen) atoms. The quantitative estimate of drug-likeness (QED) is 0.0273. The summed E-state index contributed by atoms with van der Waals surface area (Å²) < 4.78 is 139. The van der Waals surface area contributed by atoms with Crippen LogP contribution in [0.2, 0.25) is 0 Å². The van der Waals surface area contributed by atoms with Crippen LogP contribution in [-0.2, 0) is 133 Å². The Hall–Kier alpha value is -4.85. The molecule has 0 spiro atoms. The number of carbonyl (C=O) groups is 5. The van der Waals surface area contributed by atoms with Crippen molar-refractivity contribution in [1.82, 2.24) is 26.6 Å². The van der Waals surface area contributed by atoms with Gasteiger partial charge in [0.25, 0.3) is 0 Å². The highest BCUT2D eigenvalue weighted by atomic mass is 16.8. The van der Waals surface area contributed by atoms with Gasteiger partial charge in [-0.2, -0.15) is 0 Å². The van der Waals surface area contributed by atoms with Crippen LogP contribution in [0.1, 0.15) is 41.5 Å². The van der Waals surface area contributed by atoms with Gasteiger partial charge in [-0.1, -0.05) is 0 Å². The SMILES string of the molecule is CC(=O)N[C@@H]1[C@@H](O)[C@H](O[C@@H]2O[C@H](CO)[C@@H](O[C@@H]3O[C@H](CO[C@H]4O[C@H](CO)[C@@H](O)[C@H](O)[C@@H]4O[C@@H]4O[C@H](CO)[C@@H](O[C@@H]5O[C@H](CO)[C@H](O)[C@H](O)[C@H]5O)[C@H](O)[C@H]4NC(C)=O)[C@@H](O)[C@H](O[C@H]4O[C@H](CO)[C@@H](O[C@@H]5O[C@H](CO)[C@@H](O)[C@H](O[C@@H]6O[C@H](CO)[C@H](O)[C@H](O)[C@H]6O)[C@H]5NC(C)=O)[C@H](O)[C@@H]4O[C@@H]4O[C@H](CO)[C@@H](O[C@@H]5O[C@H](CO)[C@H](O)[C@H](O)[C@H]5O)[C@H](O)[C@H]4NC(C)=O)[C@@H]3O)[C@H](O)[C@H]2NC(C)=O)[C@@H](CO[C@H]2O[C@H](C)[C@H](O)[C@H](O)[C@H]2O)O[C@H]1O. The molecule has 0 radical (unpaired) electrons. The molecule has 12 aliphatic heterocycles. The molecule has 12 fully saturated rings. The topological polar surface area (TPSA) is 1010 Å². The molecule has 12 heterocycles. The van der Waals surface area contributed by atoms with Crippen molar-refractivity contribution in [2.45, 2.75) is 410 Å². The third kappa shape index (κ3) is 26.8. The van der Waals surface area contributed by atoms with E-state index in [1.165, 1.54) is 6.92 Å². The van der Waals surface area contributed by atoms with E-state index in [0.29, 0.717) is 0 Å². The summed E-state index contributed by atoms with van der Waals surface area (Å²) in [6, 6.07) is -10.2. The number of amides is 5. The fourth-order valence-electron chi connectivity index (χ4n) is 19.2. The Bertz CT molecular complexity index is 4110. The van der Waals surface area contributed by atoms with Crippen LogP contribution >= 0.6 is 0 Å². The van der Waals surface area contributed by atoms with E-state index in [1.54, 1.807) is 0 Å². The van der Waals surface area contributed by atoms with Crippen LogP contribution in [0.5, 0.6) is 0 Å². The van der Waals surface area contributed by atoms with Crippen LogP contribution in [0.4, 0.5) is 0 Å². The average molecular weight is 2150 g/mol. The molecule has 37 N–H and O–H groups in total. The summed E-state index contributed by atoms with van der Waals surface area (Å²) in [5.74, 6) is -5.08. The third-order valence-electron chi connectivity index (χ3n) is 27.0. The lowest BCUT2D eigenvalue weighted by atomic mass is 9.93. The fraction of sp³-hybridized carbons (Fsp3) is 0.939. The van der Waals surface area contributed by atoms with E-state index in [4.69, 9.17) is 109 Å². The van der Waals surface area contributed by atoms with E-state index in [0.717, 1.165) is 34.6 Å². The van der Waals surface area contributed by atoms with Gasteiger partial charge in [0.1, 0.15) is 287 Å². The lowest BCUT2D eigenvalue weighted by molar-refractivity contribution is -0.406. The van der Waals surface area contributed by atoms with Crippen molar-refractivity contribution >= 4 is 29.5 Å². The number of hydrogen-bond donors (Lipinski definition) is 37. The van der Waals surface area contributed by atoms with Crippen LogP contribution in [0.3, 0.4) is 0 Å². The maximum atomic E-state index is 13.5. The van der Waals surface area contributed by atoms with Crippen LogP contribution in [0.15, 0.2) is 0 Å². The minimum absolute atomic E-state index is 0.854. The Morgan fingerprint density at radius 2 is 0.435 bits per heavy atom. The van der Waals surface area contributed by atoms with Crippen molar-refractivity contribution in [2.75, 3.05) is 72.7 Å². The van der Waals surface area contributed by atoms with Crippen LogP contribution in [0, 0.1) is 0 Å². The zero-order chi connectivity index (χ0) is 108. The van der Waals surface area contributed by atoms with E-state index < -0.39 is 470 Å². The molecule has 0 bridgehead atoms. The number of carbonyl (C=O) groups excluding carboxylic acids is 5. The number of ether oxygens (including phenoxy) is 23. The van der Waals surface area contributed by atoms with Gasteiger partial charge in [-0.3, -0.25) is 24.0 Å². The molecule has 5 amide bonds. The molecular weight excluding hydrogens is 2010 g/mol. The second kappa shape index (κ2) is 52.8. The van der Waals surface area contributed by atoms with E-state index in [9.17, 15) is 187 Å². The molecule has 60 atom stereocenters. The molecule has 12 saturated heterocycles. The summed E-state index contributed by atoms with van der Waals surface area (Å²) in [7, 11) is 0. The molecule has 12 rings (SSSR count). The van der Waals surface area contributed by atoms with Gasteiger partial charge in [-0.05, 0) is 6.92 Å². The van der Waals surface area contributed by atoms with Crippen molar-refractivity contribution in [3.8, 4) is 0 Å². The molecular formula is C82H137N5O60. The molecule has 65 nitrogen and oxygen atoms in total. The second-order valence-corrected chi connectivity index (χ2v) is 37.3. The van der Waals surface area contributed by atoms with Gasteiger partial charge >= 0.3 is 0 Å². The molecule has 0 aliphatic carbocycles. The highest BCUT2D eigenvalue weighted by Crippen LogP contribution is 2.43. The smallest absolute Gasteiger partial charge is 0.217 e. The zero-order valence-electron chi connectivity index (χ0n) is 79.2. The van der Waals surface area contributed by atoms with Gasteiger partial charge in [0.2, 0.25) is 29.5 Å². The standard InChI is InChI=1S/C82H137N5O60/c1-18-40(102)51(113)56(118)76(127-18)125-17-34-66(47(109)35(71(124)128-34)83-19(2)97)140-72-36(84-20(3)98)48(110)64(31(14-95)134-72)143-80-61(123)68(46(108)33(138-80)16-126-81-69(55(117)44(106)27(10-91)133-81)146-73-37(85-21(4)99)49(111)62(29(12-93)135-73)141-77-57(119)52(114)41(103)24(7-88)130-77)145-82-70(147-74-38(86-22(5)100)50(112)63(30(13-94)136-74)142-78-58(120)53(115)42(104)25(8-89)131-78)60(122)65(32(15-96)137-82)139-75-39(87-23(6)101)67(45(107)28(11-92)129-75)144-79-59(121)54(116)43(105)26(9-90)132-79/h18,24-82,88-96,102-124H,7-17H2,1-6H3,(H,83,97)(H,84,98)(H,85,99)(H,86,100)(H,87,101)/t18-,24-,25-,26-,27-,28-,29-,30-,31-,32-,33-,34-,35-,36-,37-,38-,39-,40+,41+,42+,43+,44-,45-,46-,47-,48-,49-,50-,51+,52+,53+,54+,55+,56-,57-,58-,59-,60+,61+,62-,63-,64-,65-,66-,67-,68+,69+,70+,71-,72+,73+,74+,75+,76+,77+,78+,79+,80+,81+,82-/m1/s1. The van der Waals surface area contributed by atoms with E-state index >= 15 is 0 Å². The normalized spacial score (nSPS) is 49.6. The average Bonchev–Trinajstić information content (AvgIpc) is 0.759. The van der Waals surface area contributed by atoms with Crippen molar-refractivity contribution < 1.29 is 296 Å². The Labute approximate surface area is 832 Å². The first kappa shape index (κ1) is 121. The highest BCUT2D eigenvalue weighted by Gasteiger charge is 2.64. The Morgan fingerprint density at radius 1 is 0.190 bits per heavy atom. The van der Waals surface area contributed by atoms with Crippen molar-refractivity contribution in [1.29, 1.82) is 0 Å². The Balaban J connectivity index is 0.936.